The molecule has 30 heavy (non-hydrogen) atoms. The van der Waals surface area contributed by atoms with Crippen LogP contribution in [0.2, 0.25) is 0 Å². The topological polar surface area (TPSA) is 86.2 Å². The molecule has 0 radical (unpaired) electrons. The Morgan fingerprint density at radius 3 is 2.70 bits per heavy atom. The van der Waals surface area contributed by atoms with E-state index >= 15 is 0 Å². The Hall–Kier alpha value is -3.38. The van der Waals surface area contributed by atoms with E-state index in [0.717, 1.165) is 46.3 Å². The van der Waals surface area contributed by atoms with E-state index in [1.54, 1.807) is 0 Å². The van der Waals surface area contributed by atoms with Crippen molar-refractivity contribution in [3.05, 3.63) is 72.7 Å². The van der Waals surface area contributed by atoms with Gasteiger partial charge in [0.1, 0.15) is 30.1 Å². The Kier molecular flexibility index (Phi) is 4.85. The minimum absolute atomic E-state index is 0.237. The molecule has 5 rings (SSSR count). The summed E-state index contributed by atoms with van der Waals surface area (Å²) in [5, 5.41) is 10.3. The van der Waals surface area contributed by atoms with Gasteiger partial charge in [-0.15, -0.1) is 0 Å². The highest BCUT2D eigenvalue weighted by Gasteiger charge is 2.32. The van der Waals surface area contributed by atoms with Gasteiger partial charge in [0.25, 0.3) is 0 Å². The molecule has 3 N–H and O–H groups in total. The quantitative estimate of drug-likeness (QED) is 0.506. The number of ether oxygens (including phenoxy) is 1. The van der Waals surface area contributed by atoms with Crippen molar-refractivity contribution in [3.8, 4) is 16.9 Å². The van der Waals surface area contributed by atoms with E-state index in [1.807, 2.05) is 48.5 Å². The van der Waals surface area contributed by atoms with Crippen LogP contribution in [0.15, 0.2) is 67.1 Å². The Morgan fingerprint density at radius 2 is 1.90 bits per heavy atom. The molecule has 0 aliphatic heterocycles. The first-order valence-electron chi connectivity index (χ1n) is 10.2. The number of aliphatic hydroxyl groups is 1. The van der Waals surface area contributed by atoms with E-state index in [-0.39, 0.29) is 6.61 Å². The van der Waals surface area contributed by atoms with Crippen LogP contribution in [0.25, 0.3) is 22.2 Å². The summed E-state index contributed by atoms with van der Waals surface area (Å²) < 4.78 is 8.20. The first-order valence-corrected chi connectivity index (χ1v) is 10.2. The highest BCUT2D eigenvalue weighted by atomic mass is 16.5. The lowest BCUT2D eigenvalue weighted by molar-refractivity contribution is 0.114. The number of nitrogen functional groups attached to an aromatic ring is 1. The van der Waals surface area contributed by atoms with Crippen molar-refractivity contribution in [2.75, 3.05) is 12.3 Å². The Balaban J connectivity index is 1.49. The number of benzene rings is 2. The number of rotatable bonds is 6. The minimum atomic E-state index is 0.237. The number of fused-ring (bicyclic) bond motifs is 1. The molecule has 1 fully saturated rings. The van der Waals surface area contributed by atoms with E-state index < -0.39 is 0 Å². The van der Waals surface area contributed by atoms with Gasteiger partial charge in [0.15, 0.2) is 0 Å². The van der Waals surface area contributed by atoms with E-state index in [9.17, 15) is 5.11 Å². The average Bonchev–Trinajstić information content (AvgIpc) is 3.13. The van der Waals surface area contributed by atoms with Gasteiger partial charge < -0.3 is 20.1 Å². The summed E-state index contributed by atoms with van der Waals surface area (Å²) in [4.78, 5) is 8.74. The summed E-state index contributed by atoms with van der Waals surface area (Å²) >= 11 is 0. The van der Waals surface area contributed by atoms with Crippen LogP contribution in [0.5, 0.6) is 5.75 Å². The van der Waals surface area contributed by atoms with Gasteiger partial charge in [0.05, 0.1) is 5.39 Å². The van der Waals surface area contributed by atoms with Gasteiger partial charge in [-0.2, -0.15) is 0 Å². The molecule has 2 heterocycles. The first-order chi connectivity index (χ1) is 14.7. The van der Waals surface area contributed by atoms with Crippen LogP contribution in [-0.4, -0.2) is 26.2 Å². The van der Waals surface area contributed by atoms with E-state index in [1.165, 1.54) is 6.33 Å². The molecule has 2 aromatic carbocycles. The van der Waals surface area contributed by atoms with Crippen molar-refractivity contribution in [2.45, 2.75) is 25.5 Å². The number of hydrogen-bond donors (Lipinski definition) is 2. The van der Waals surface area contributed by atoms with Crippen LogP contribution in [0.3, 0.4) is 0 Å². The predicted molar refractivity (Wildman–Crippen MR) is 117 cm³/mol. The largest absolute Gasteiger partial charge is 0.489 e. The zero-order chi connectivity index (χ0) is 20.5. The maximum atomic E-state index is 9.39. The molecule has 152 valence electrons. The van der Waals surface area contributed by atoms with Gasteiger partial charge in [0.2, 0.25) is 0 Å². The number of aliphatic hydroxyl groups excluding tert-OH is 1. The summed E-state index contributed by atoms with van der Waals surface area (Å²) in [6.07, 6.45) is 5.53. The second-order valence-electron chi connectivity index (χ2n) is 7.88. The van der Waals surface area contributed by atoms with Crippen molar-refractivity contribution >= 4 is 16.9 Å². The highest BCUT2D eigenvalue weighted by molar-refractivity contribution is 6.00. The molecule has 0 saturated heterocycles. The lowest BCUT2D eigenvalue weighted by Crippen LogP contribution is -2.28. The molecule has 6 heteroatoms. The Morgan fingerprint density at radius 1 is 1.07 bits per heavy atom. The first kappa shape index (κ1) is 18.6. The lowest BCUT2D eigenvalue weighted by atomic mass is 9.81. The van der Waals surface area contributed by atoms with Crippen LogP contribution >= 0.6 is 0 Å². The Bertz CT molecular complexity index is 1170. The molecule has 1 saturated carbocycles. The fraction of sp³-hybridized carbons (Fsp3) is 0.250. The third kappa shape index (κ3) is 3.39. The number of nitrogens with zero attached hydrogens (tertiary/aromatic N) is 3. The summed E-state index contributed by atoms with van der Waals surface area (Å²) in [5.41, 5.74) is 10.2. The van der Waals surface area contributed by atoms with Crippen LogP contribution in [-0.2, 0) is 6.61 Å². The van der Waals surface area contributed by atoms with Gasteiger partial charge in [-0.1, -0.05) is 42.5 Å². The second kappa shape index (κ2) is 7.80. The molecule has 0 atom stereocenters. The molecule has 2 aromatic heterocycles. The monoisotopic (exact) mass is 400 g/mol. The van der Waals surface area contributed by atoms with Gasteiger partial charge in [-0.05, 0) is 42.0 Å². The molecule has 0 bridgehead atoms. The summed E-state index contributed by atoms with van der Waals surface area (Å²) in [6, 6.07) is 18.5. The number of anilines is 1. The fourth-order valence-electron chi connectivity index (χ4n) is 4.18. The summed E-state index contributed by atoms with van der Waals surface area (Å²) in [6.45, 7) is 0.752. The summed E-state index contributed by atoms with van der Waals surface area (Å²) in [5.74, 6) is 1.64. The molecule has 0 unspecified atom stereocenters. The van der Waals surface area contributed by atoms with E-state index in [0.29, 0.717) is 24.4 Å². The second-order valence-corrected chi connectivity index (χ2v) is 7.88. The molecule has 1 aliphatic carbocycles. The van der Waals surface area contributed by atoms with Crippen molar-refractivity contribution in [1.82, 2.24) is 14.5 Å². The highest BCUT2D eigenvalue weighted by Crippen LogP contribution is 2.42. The molecule has 4 aromatic rings. The standard InChI is InChI=1S/C24H24N4O2/c25-23-22-21(12-28(24(22)27-15-26-23)19-9-17(10-19)13-29)18-7-4-8-20(11-18)30-14-16-5-2-1-3-6-16/h1-8,11-12,15,17,19,29H,9-10,13-14H2,(H2,25,26,27). The van der Waals surface area contributed by atoms with Gasteiger partial charge in [-0.3, -0.25) is 0 Å². The third-order valence-electron chi connectivity index (χ3n) is 5.89. The zero-order valence-corrected chi connectivity index (χ0v) is 16.6. The maximum Gasteiger partial charge on any atom is 0.146 e. The van der Waals surface area contributed by atoms with Crippen molar-refractivity contribution < 1.29 is 9.84 Å². The molecule has 0 amide bonds. The van der Waals surface area contributed by atoms with Gasteiger partial charge in [0, 0.05) is 24.4 Å². The smallest absolute Gasteiger partial charge is 0.146 e. The van der Waals surface area contributed by atoms with Crippen LogP contribution in [0.4, 0.5) is 5.82 Å². The molecule has 1 aliphatic rings. The number of aromatic nitrogens is 3. The molecule has 0 spiro atoms. The fourth-order valence-corrected chi connectivity index (χ4v) is 4.18. The third-order valence-corrected chi connectivity index (χ3v) is 5.89. The molecular weight excluding hydrogens is 376 g/mol. The predicted octanol–water partition coefficient (Wildman–Crippen LogP) is 4.20. The average molecular weight is 400 g/mol. The Labute approximate surface area is 175 Å². The van der Waals surface area contributed by atoms with Crippen LogP contribution in [0.1, 0.15) is 24.4 Å². The van der Waals surface area contributed by atoms with E-state index in [4.69, 9.17) is 10.5 Å². The van der Waals surface area contributed by atoms with E-state index in [2.05, 4.69) is 26.8 Å². The van der Waals surface area contributed by atoms with Crippen LogP contribution < -0.4 is 10.5 Å². The van der Waals surface area contributed by atoms with Gasteiger partial charge in [-0.25, -0.2) is 9.97 Å². The maximum absolute atomic E-state index is 9.39. The normalized spacial score (nSPS) is 18.3. The minimum Gasteiger partial charge on any atom is -0.489 e. The van der Waals surface area contributed by atoms with Crippen molar-refractivity contribution in [3.63, 3.8) is 0 Å². The van der Waals surface area contributed by atoms with Crippen molar-refractivity contribution in [1.29, 1.82) is 0 Å². The number of nitrogens with two attached hydrogens (primary N) is 1. The molecule has 6 nitrogen and oxygen atoms in total. The molecular formula is C24H24N4O2. The SMILES string of the molecule is Nc1ncnc2c1c(-c1cccc(OCc3ccccc3)c1)cn2C1CC(CO)C1. The summed E-state index contributed by atoms with van der Waals surface area (Å²) in [7, 11) is 0. The number of hydrogen-bond acceptors (Lipinski definition) is 5. The van der Waals surface area contributed by atoms with Gasteiger partial charge >= 0.3 is 0 Å². The zero-order valence-electron chi connectivity index (χ0n) is 16.6. The van der Waals surface area contributed by atoms with Crippen molar-refractivity contribution in [2.24, 2.45) is 5.92 Å². The lowest BCUT2D eigenvalue weighted by Gasteiger charge is -2.35. The van der Waals surface area contributed by atoms with Crippen LogP contribution in [0, 0.1) is 5.92 Å².